The molecule has 3 rings (SSSR count). The predicted octanol–water partition coefficient (Wildman–Crippen LogP) is 4.58. The van der Waals surface area contributed by atoms with Crippen LogP contribution in [0.2, 0.25) is 0 Å². The van der Waals surface area contributed by atoms with Crippen molar-refractivity contribution in [3.63, 3.8) is 0 Å². The highest BCUT2D eigenvalue weighted by Crippen LogP contribution is 2.20. The zero-order chi connectivity index (χ0) is 19.8. The van der Waals surface area contributed by atoms with Crippen LogP contribution in [0.15, 0.2) is 79.0 Å². The number of benzene rings is 2. The van der Waals surface area contributed by atoms with Gasteiger partial charge in [-0.1, -0.05) is 36.4 Å². The third kappa shape index (κ3) is 5.04. The van der Waals surface area contributed by atoms with Crippen molar-refractivity contribution in [1.29, 1.82) is 0 Å². The van der Waals surface area contributed by atoms with E-state index in [1.807, 2.05) is 48.5 Å². The van der Waals surface area contributed by atoms with Crippen LogP contribution in [-0.2, 0) is 9.53 Å². The fourth-order valence-electron chi connectivity index (χ4n) is 2.52. The molecule has 140 valence electrons. The van der Waals surface area contributed by atoms with Crippen LogP contribution < -0.4 is 10.6 Å². The van der Waals surface area contributed by atoms with Crippen LogP contribution in [0.3, 0.4) is 0 Å². The van der Waals surface area contributed by atoms with Gasteiger partial charge in [0.1, 0.15) is 0 Å². The Bertz CT molecular complexity index is 983. The Morgan fingerprint density at radius 1 is 0.929 bits per heavy atom. The van der Waals surface area contributed by atoms with E-state index in [2.05, 4.69) is 20.4 Å². The second-order valence-corrected chi connectivity index (χ2v) is 5.82. The number of nitrogens with one attached hydrogen (secondary N) is 2. The third-order valence-electron chi connectivity index (χ3n) is 3.91. The molecule has 0 aliphatic carbocycles. The van der Waals surface area contributed by atoms with Crippen molar-refractivity contribution in [3.8, 4) is 11.3 Å². The summed E-state index contributed by atoms with van der Waals surface area (Å²) in [6, 6.07) is 19.9. The summed E-state index contributed by atoms with van der Waals surface area (Å²) in [6.45, 7) is 0. The van der Waals surface area contributed by atoms with E-state index in [0.29, 0.717) is 16.9 Å². The van der Waals surface area contributed by atoms with Crippen LogP contribution in [0.25, 0.3) is 17.3 Å². The summed E-state index contributed by atoms with van der Waals surface area (Å²) in [6.07, 6.45) is 4.62. The van der Waals surface area contributed by atoms with Crippen LogP contribution in [-0.4, -0.2) is 24.1 Å². The number of anilines is 2. The molecule has 0 bridgehead atoms. The first-order valence-electron chi connectivity index (χ1n) is 8.60. The highest BCUT2D eigenvalue weighted by atomic mass is 16.5. The van der Waals surface area contributed by atoms with E-state index in [9.17, 15) is 9.59 Å². The SMILES string of the molecule is COC(=O)/C=C/c1ccccc1NC(=O)Nc1ccc(-c2ccccn2)cc1. The van der Waals surface area contributed by atoms with Crippen molar-refractivity contribution >= 4 is 29.5 Å². The first-order valence-corrected chi connectivity index (χ1v) is 8.60. The van der Waals surface area contributed by atoms with Crippen LogP contribution in [0.5, 0.6) is 0 Å². The van der Waals surface area contributed by atoms with Crippen molar-refractivity contribution in [2.45, 2.75) is 0 Å². The van der Waals surface area contributed by atoms with Gasteiger partial charge >= 0.3 is 12.0 Å². The zero-order valence-corrected chi connectivity index (χ0v) is 15.3. The molecule has 0 fully saturated rings. The Balaban J connectivity index is 1.66. The topological polar surface area (TPSA) is 80.3 Å². The number of ether oxygens (including phenoxy) is 1. The molecule has 0 radical (unpaired) electrons. The van der Waals surface area contributed by atoms with E-state index in [1.165, 1.54) is 13.2 Å². The quantitative estimate of drug-likeness (QED) is 0.507. The Morgan fingerprint density at radius 3 is 2.39 bits per heavy atom. The predicted molar refractivity (Wildman–Crippen MR) is 110 cm³/mol. The van der Waals surface area contributed by atoms with Gasteiger partial charge in [-0.2, -0.15) is 0 Å². The number of carbonyl (C=O) groups excluding carboxylic acids is 2. The van der Waals surface area contributed by atoms with Gasteiger partial charge in [-0.05, 0) is 42.0 Å². The van der Waals surface area contributed by atoms with Crippen molar-refractivity contribution in [3.05, 3.63) is 84.6 Å². The molecule has 0 aliphatic rings. The minimum absolute atomic E-state index is 0.385. The van der Waals surface area contributed by atoms with Crippen LogP contribution in [0.1, 0.15) is 5.56 Å². The molecule has 6 nitrogen and oxygen atoms in total. The molecule has 1 heterocycles. The number of hydrogen-bond acceptors (Lipinski definition) is 4. The zero-order valence-electron chi connectivity index (χ0n) is 15.3. The molecule has 1 aromatic heterocycles. The van der Waals surface area contributed by atoms with Gasteiger partial charge in [0.15, 0.2) is 0 Å². The van der Waals surface area contributed by atoms with E-state index in [-0.39, 0.29) is 6.03 Å². The Labute approximate surface area is 162 Å². The lowest BCUT2D eigenvalue weighted by atomic mass is 10.1. The molecular formula is C22H19N3O3. The normalized spacial score (nSPS) is 10.5. The molecule has 0 aliphatic heterocycles. The van der Waals surface area contributed by atoms with Gasteiger partial charge in [-0.25, -0.2) is 9.59 Å². The van der Waals surface area contributed by atoms with Gasteiger partial charge in [0.2, 0.25) is 0 Å². The number of pyridine rings is 1. The van der Waals surface area contributed by atoms with Crippen molar-refractivity contribution in [2.24, 2.45) is 0 Å². The number of amides is 2. The maximum absolute atomic E-state index is 12.3. The minimum atomic E-state index is -0.466. The van der Waals surface area contributed by atoms with Crippen LogP contribution in [0, 0.1) is 0 Å². The van der Waals surface area contributed by atoms with Crippen LogP contribution >= 0.6 is 0 Å². The maximum Gasteiger partial charge on any atom is 0.330 e. The minimum Gasteiger partial charge on any atom is -0.466 e. The van der Waals surface area contributed by atoms with Gasteiger partial charge in [0.05, 0.1) is 12.8 Å². The monoisotopic (exact) mass is 373 g/mol. The molecule has 2 amide bonds. The maximum atomic E-state index is 12.3. The molecule has 28 heavy (non-hydrogen) atoms. The van der Waals surface area contributed by atoms with E-state index < -0.39 is 5.97 Å². The summed E-state index contributed by atoms with van der Waals surface area (Å²) in [5, 5.41) is 5.57. The van der Waals surface area contributed by atoms with E-state index >= 15 is 0 Å². The molecule has 6 heteroatoms. The number of nitrogens with zero attached hydrogens (tertiary/aromatic N) is 1. The highest BCUT2D eigenvalue weighted by Gasteiger charge is 2.06. The average Bonchev–Trinajstić information content (AvgIpc) is 2.74. The summed E-state index contributed by atoms with van der Waals surface area (Å²) in [4.78, 5) is 27.9. The van der Waals surface area contributed by atoms with Crippen LogP contribution in [0.4, 0.5) is 16.2 Å². The number of para-hydroxylation sites is 1. The Hall–Kier alpha value is -3.93. The molecular weight excluding hydrogens is 354 g/mol. The van der Waals surface area contributed by atoms with Gasteiger partial charge in [-0.15, -0.1) is 0 Å². The van der Waals surface area contributed by atoms with Gasteiger partial charge in [0, 0.05) is 29.2 Å². The highest BCUT2D eigenvalue weighted by molar-refractivity contribution is 6.01. The van der Waals surface area contributed by atoms with Gasteiger partial charge in [0.25, 0.3) is 0 Å². The second kappa shape index (κ2) is 9.14. The number of carbonyl (C=O) groups is 2. The molecule has 2 N–H and O–H groups in total. The fourth-order valence-corrected chi connectivity index (χ4v) is 2.52. The number of methoxy groups -OCH3 is 1. The standard InChI is InChI=1S/C22H19N3O3/c1-28-21(26)14-11-16-6-2-3-8-20(16)25-22(27)24-18-12-9-17(10-13-18)19-7-4-5-15-23-19/h2-15H,1H3,(H2,24,25,27)/b14-11+. The smallest absolute Gasteiger partial charge is 0.330 e. The van der Waals surface area contributed by atoms with E-state index in [4.69, 9.17) is 0 Å². The summed E-state index contributed by atoms with van der Waals surface area (Å²) in [5.41, 5.74) is 3.74. The lowest BCUT2D eigenvalue weighted by Crippen LogP contribution is -2.19. The fraction of sp³-hybridized carbons (Fsp3) is 0.0455. The van der Waals surface area contributed by atoms with E-state index in [0.717, 1.165) is 11.3 Å². The van der Waals surface area contributed by atoms with Gasteiger partial charge in [-0.3, -0.25) is 4.98 Å². The summed E-state index contributed by atoms with van der Waals surface area (Å²) < 4.78 is 4.58. The molecule has 0 saturated heterocycles. The van der Waals surface area contributed by atoms with Gasteiger partial charge < -0.3 is 15.4 Å². The lowest BCUT2D eigenvalue weighted by Gasteiger charge is -2.10. The average molecular weight is 373 g/mol. The van der Waals surface area contributed by atoms with Crippen molar-refractivity contribution in [1.82, 2.24) is 4.98 Å². The number of urea groups is 1. The number of rotatable bonds is 5. The summed E-state index contributed by atoms with van der Waals surface area (Å²) >= 11 is 0. The molecule has 0 atom stereocenters. The lowest BCUT2D eigenvalue weighted by molar-refractivity contribution is -0.134. The molecule has 0 saturated carbocycles. The Morgan fingerprint density at radius 2 is 1.68 bits per heavy atom. The largest absolute Gasteiger partial charge is 0.466 e. The molecule has 2 aromatic carbocycles. The molecule has 0 unspecified atom stereocenters. The van der Waals surface area contributed by atoms with Crippen molar-refractivity contribution in [2.75, 3.05) is 17.7 Å². The third-order valence-corrected chi connectivity index (χ3v) is 3.91. The van der Waals surface area contributed by atoms with Crippen molar-refractivity contribution < 1.29 is 14.3 Å². The first kappa shape index (κ1) is 18.8. The number of hydrogen-bond donors (Lipinski definition) is 2. The molecule has 3 aromatic rings. The van der Waals surface area contributed by atoms with E-state index in [1.54, 1.807) is 30.5 Å². The summed E-state index contributed by atoms with van der Waals surface area (Å²) in [5.74, 6) is -0.466. The Kier molecular flexibility index (Phi) is 6.15. The number of esters is 1. The first-order chi connectivity index (χ1) is 13.7. The molecule has 0 spiro atoms. The second-order valence-electron chi connectivity index (χ2n) is 5.82. The number of aromatic nitrogens is 1. The summed E-state index contributed by atoms with van der Waals surface area (Å²) in [7, 11) is 1.31.